The molecule has 0 atom stereocenters. The molecule has 6 aromatic rings. The van der Waals surface area contributed by atoms with Gasteiger partial charge in [-0.05, 0) is 51.2 Å². The van der Waals surface area contributed by atoms with Gasteiger partial charge in [-0.15, -0.1) is 0 Å². The Balaban J connectivity index is 0.000000133. The molecule has 0 bridgehead atoms. The first kappa shape index (κ1) is 24.9. The molecule has 0 spiro atoms. The number of phenolic OH excluding ortho intramolecular Hbond substituents is 2. The van der Waals surface area contributed by atoms with Crippen molar-refractivity contribution in [2.24, 2.45) is 0 Å². The van der Waals surface area contributed by atoms with Crippen LogP contribution in [0.25, 0.3) is 22.4 Å². The van der Waals surface area contributed by atoms with Gasteiger partial charge in [0.2, 0.25) is 0 Å². The minimum Gasteiger partial charge on any atom is -0.508 e. The zero-order chi connectivity index (χ0) is 25.5. The van der Waals surface area contributed by atoms with Crippen LogP contribution in [0, 0.1) is 0 Å². The lowest BCUT2D eigenvalue weighted by Crippen LogP contribution is -2.29. The predicted octanol–water partition coefficient (Wildman–Crippen LogP) is 2.67. The van der Waals surface area contributed by atoms with Gasteiger partial charge in [0.15, 0.2) is 11.3 Å². The van der Waals surface area contributed by atoms with Crippen molar-refractivity contribution in [3.63, 3.8) is 0 Å². The highest BCUT2D eigenvalue weighted by Crippen LogP contribution is 2.21. The summed E-state index contributed by atoms with van der Waals surface area (Å²) in [6, 6.07) is 16.4. The van der Waals surface area contributed by atoms with Crippen LogP contribution in [0.2, 0.25) is 0 Å². The second-order valence-electron chi connectivity index (χ2n) is 7.39. The molecular formula is C24H20BBrN6O4. The number of rotatable bonds is 2. The highest BCUT2D eigenvalue weighted by Gasteiger charge is 2.08. The fourth-order valence-electron chi connectivity index (χ4n) is 3.05. The van der Waals surface area contributed by atoms with E-state index in [-0.39, 0.29) is 11.5 Å². The van der Waals surface area contributed by atoms with Crippen LogP contribution in [-0.4, -0.2) is 56.6 Å². The standard InChI is InChI=1S/C12H9N3O.C6H7BO3.C6H4BrN3/c16-11-3-1-9(2-4-11)10-7-13-12-5-6-14-15(12)8-10;8-6-3-1-5(2-4-6)7(9)10;7-5-3-8-6-1-2-9-10(6)4-5/h1-8,16H;1-4,8-10H;1-4H. The summed E-state index contributed by atoms with van der Waals surface area (Å²) in [6.45, 7) is 0. The molecule has 0 aliphatic heterocycles. The Labute approximate surface area is 214 Å². The second kappa shape index (κ2) is 11.4. The zero-order valence-electron chi connectivity index (χ0n) is 18.7. The van der Waals surface area contributed by atoms with Crippen LogP contribution >= 0.6 is 15.9 Å². The van der Waals surface area contributed by atoms with Crippen LogP contribution in [-0.2, 0) is 0 Å². The van der Waals surface area contributed by atoms with Crippen molar-refractivity contribution in [3.05, 3.63) is 102 Å². The lowest BCUT2D eigenvalue weighted by molar-refractivity contribution is 0.425. The van der Waals surface area contributed by atoms with E-state index in [1.165, 1.54) is 24.3 Å². The Morgan fingerprint density at radius 3 is 1.75 bits per heavy atom. The molecule has 36 heavy (non-hydrogen) atoms. The molecule has 0 aliphatic rings. The third kappa shape index (κ3) is 6.45. The summed E-state index contributed by atoms with van der Waals surface area (Å²) in [6.07, 6.45) is 10.7. The first-order chi connectivity index (χ1) is 17.4. The van der Waals surface area contributed by atoms with Gasteiger partial charge in [0.25, 0.3) is 0 Å². The van der Waals surface area contributed by atoms with Crippen molar-refractivity contribution < 1.29 is 20.3 Å². The summed E-state index contributed by atoms with van der Waals surface area (Å²) in [5.41, 5.74) is 4.03. The molecule has 4 N–H and O–H groups in total. The maximum atomic E-state index is 9.21. The van der Waals surface area contributed by atoms with Crippen LogP contribution in [0.4, 0.5) is 0 Å². The summed E-state index contributed by atoms with van der Waals surface area (Å²) in [7, 11) is -1.46. The van der Waals surface area contributed by atoms with Crippen LogP contribution < -0.4 is 5.46 Å². The maximum absolute atomic E-state index is 9.21. The van der Waals surface area contributed by atoms with Gasteiger partial charge >= 0.3 is 7.12 Å². The average molecular weight is 547 g/mol. The average Bonchev–Trinajstić information content (AvgIpc) is 3.54. The van der Waals surface area contributed by atoms with Crippen molar-refractivity contribution in [2.75, 3.05) is 0 Å². The van der Waals surface area contributed by atoms with Crippen molar-refractivity contribution in [1.29, 1.82) is 0 Å². The Bertz CT molecular complexity index is 1560. The van der Waals surface area contributed by atoms with Gasteiger partial charge in [0.05, 0.1) is 16.9 Å². The fraction of sp³-hybridized carbons (Fsp3) is 0. The van der Waals surface area contributed by atoms with Crippen LogP contribution in [0.5, 0.6) is 11.5 Å². The van der Waals surface area contributed by atoms with Gasteiger partial charge in [0, 0.05) is 42.5 Å². The van der Waals surface area contributed by atoms with Gasteiger partial charge in [0.1, 0.15) is 11.5 Å². The van der Waals surface area contributed by atoms with Crippen molar-refractivity contribution in [2.45, 2.75) is 0 Å². The van der Waals surface area contributed by atoms with E-state index in [9.17, 15) is 5.11 Å². The largest absolute Gasteiger partial charge is 0.508 e. The summed E-state index contributed by atoms with van der Waals surface area (Å²) >= 11 is 3.29. The molecule has 0 unspecified atom stereocenters. The number of aromatic hydroxyl groups is 2. The molecule has 10 nitrogen and oxygen atoms in total. The quantitative estimate of drug-likeness (QED) is 0.243. The topological polar surface area (TPSA) is 141 Å². The Morgan fingerprint density at radius 2 is 1.17 bits per heavy atom. The Kier molecular flexibility index (Phi) is 7.90. The first-order valence-electron chi connectivity index (χ1n) is 10.6. The summed E-state index contributed by atoms with van der Waals surface area (Å²) in [5, 5.41) is 43.3. The minimum absolute atomic E-state index is 0.115. The molecular weight excluding hydrogens is 527 g/mol. The molecule has 4 aromatic heterocycles. The molecule has 4 heterocycles. The lowest BCUT2D eigenvalue weighted by atomic mass is 9.80. The number of halogens is 1. The summed E-state index contributed by atoms with van der Waals surface area (Å²) in [4.78, 5) is 8.37. The molecule has 180 valence electrons. The SMILES string of the molecule is Brc1cnc2ccnn2c1.OB(O)c1ccc(O)cc1.Oc1ccc(-c2cnc3ccnn3c2)cc1. The van der Waals surface area contributed by atoms with Crippen LogP contribution in [0.3, 0.4) is 0 Å². The molecule has 0 radical (unpaired) electrons. The minimum atomic E-state index is -1.46. The monoisotopic (exact) mass is 546 g/mol. The van der Waals surface area contributed by atoms with Crippen molar-refractivity contribution >= 4 is 39.8 Å². The zero-order valence-corrected chi connectivity index (χ0v) is 20.3. The number of hydrogen-bond donors (Lipinski definition) is 4. The van der Waals surface area contributed by atoms with E-state index in [0.717, 1.165) is 26.9 Å². The van der Waals surface area contributed by atoms with E-state index in [1.54, 1.807) is 46.0 Å². The van der Waals surface area contributed by atoms with Gasteiger partial charge in [-0.1, -0.05) is 24.3 Å². The van der Waals surface area contributed by atoms with Crippen molar-refractivity contribution in [3.8, 4) is 22.6 Å². The number of nitrogens with zero attached hydrogens (tertiary/aromatic N) is 6. The van der Waals surface area contributed by atoms with Crippen molar-refractivity contribution in [1.82, 2.24) is 29.2 Å². The Morgan fingerprint density at radius 1 is 0.639 bits per heavy atom. The molecule has 12 heteroatoms. The second-order valence-corrected chi connectivity index (χ2v) is 8.31. The van der Waals surface area contributed by atoms with Gasteiger partial charge in [-0.3, -0.25) is 0 Å². The fourth-order valence-corrected chi connectivity index (χ4v) is 3.34. The number of phenols is 2. The van der Waals surface area contributed by atoms with E-state index >= 15 is 0 Å². The Hall–Kier alpha value is -4.26. The molecule has 0 aliphatic carbocycles. The lowest BCUT2D eigenvalue weighted by Gasteiger charge is -2.01. The van der Waals surface area contributed by atoms with Gasteiger partial charge in [-0.2, -0.15) is 10.2 Å². The number of benzene rings is 2. The van der Waals surface area contributed by atoms with Gasteiger partial charge in [-0.25, -0.2) is 19.0 Å². The number of aromatic nitrogens is 6. The van der Waals surface area contributed by atoms with E-state index in [4.69, 9.17) is 15.2 Å². The highest BCUT2D eigenvalue weighted by molar-refractivity contribution is 9.10. The number of fused-ring (bicyclic) bond motifs is 2. The summed E-state index contributed by atoms with van der Waals surface area (Å²) < 4.78 is 4.37. The van der Waals surface area contributed by atoms with Crippen LogP contribution in [0.15, 0.2) is 102 Å². The smallest absolute Gasteiger partial charge is 0.488 e. The molecule has 2 aromatic carbocycles. The third-order valence-electron chi connectivity index (χ3n) is 4.85. The predicted molar refractivity (Wildman–Crippen MR) is 139 cm³/mol. The molecule has 0 fully saturated rings. The molecule has 0 saturated heterocycles. The third-order valence-corrected chi connectivity index (χ3v) is 5.26. The van der Waals surface area contributed by atoms with E-state index in [0.29, 0.717) is 5.46 Å². The normalized spacial score (nSPS) is 10.3. The van der Waals surface area contributed by atoms with Gasteiger partial charge < -0.3 is 20.3 Å². The molecule has 0 saturated carbocycles. The highest BCUT2D eigenvalue weighted by atomic mass is 79.9. The first-order valence-corrected chi connectivity index (χ1v) is 11.4. The maximum Gasteiger partial charge on any atom is 0.488 e. The number of hydrogen-bond acceptors (Lipinski definition) is 8. The molecule has 6 rings (SSSR count). The van der Waals surface area contributed by atoms with E-state index < -0.39 is 7.12 Å². The molecule has 0 amide bonds. The van der Waals surface area contributed by atoms with Crippen LogP contribution in [0.1, 0.15) is 0 Å². The summed E-state index contributed by atoms with van der Waals surface area (Å²) in [5.74, 6) is 0.376. The van der Waals surface area contributed by atoms with E-state index in [2.05, 4.69) is 36.1 Å². The van der Waals surface area contributed by atoms with E-state index in [1.807, 2.05) is 36.7 Å².